The van der Waals surface area contributed by atoms with Gasteiger partial charge in [-0.25, -0.2) is 0 Å². The Labute approximate surface area is 117 Å². The van der Waals surface area contributed by atoms with Gasteiger partial charge in [0.15, 0.2) is 0 Å². The van der Waals surface area contributed by atoms with E-state index in [1.54, 1.807) is 7.11 Å². The van der Waals surface area contributed by atoms with E-state index in [0.717, 1.165) is 23.3 Å². The fourth-order valence-corrected chi connectivity index (χ4v) is 2.23. The van der Waals surface area contributed by atoms with E-state index < -0.39 is 0 Å². The lowest BCUT2D eigenvalue weighted by atomic mass is 10.2. The topological polar surface area (TPSA) is 21.3 Å². The van der Waals surface area contributed by atoms with Crippen molar-refractivity contribution in [3.05, 3.63) is 28.2 Å². The third kappa shape index (κ3) is 4.90. The monoisotopic (exact) mass is 317 g/mol. The van der Waals surface area contributed by atoms with Gasteiger partial charge in [0.2, 0.25) is 0 Å². The zero-order chi connectivity index (χ0) is 12.9. The molecule has 0 aliphatic rings. The molecule has 17 heavy (non-hydrogen) atoms. The van der Waals surface area contributed by atoms with E-state index in [1.165, 1.54) is 5.56 Å². The maximum Gasteiger partial charge on any atom is 0.133 e. The van der Waals surface area contributed by atoms with Crippen LogP contribution in [0.4, 0.5) is 0 Å². The molecule has 1 rings (SSSR count). The van der Waals surface area contributed by atoms with Crippen molar-refractivity contribution in [2.45, 2.75) is 25.1 Å². The van der Waals surface area contributed by atoms with Crippen molar-refractivity contribution < 1.29 is 4.74 Å². The van der Waals surface area contributed by atoms with Gasteiger partial charge in [-0.15, -0.1) is 0 Å². The maximum atomic E-state index is 5.21. The lowest BCUT2D eigenvalue weighted by Crippen LogP contribution is -2.31. The Hall–Kier alpha value is -0.190. The molecule has 1 N–H and O–H groups in total. The van der Waals surface area contributed by atoms with Gasteiger partial charge in [0.1, 0.15) is 5.75 Å². The Morgan fingerprint density at radius 1 is 1.41 bits per heavy atom. The molecule has 0 aromatic heterocycles. The number of ether oxygens (including phenoxy) is 1. The molecule has 0 spiro atoms. The van der Waals surface area contributed by atoms with Gasteiger partial charge in [-0.1, -0.05) is 6.07 Å². The van der Waals surface area contributed by atoms with Crippen LogP contribution in [0.2, 0.25) is 0 Å². The van der Waals surface area contributed by atoms with Crippen LogP contribution in [0, 0.1) is 0 Å². The van der Waals surface area contributed by atoms with Crippen LogP contribution in [-0.4, -0.2) is 24.7 Å². The summed E-state index contributed by atoms with van der Waals surface area (Å²) in [5, 5.41) is 3.48. The summed E-state index contributed by atoms with van der Waals surface area (Å²) in [7, 11) is 1.68. The van der Waals surface area contributed by atoms with Gasteiger partial charge < -0.3 is 10.1 Å². The Balaban J connectivity index is 2.50. The van der Waals surface area contributed by atoms with E-state index in [2.05, 4.69) is 53.5 Å². The smallest absolute Gasteiger partial charge is 0.133 e. The van der Waals surface area contributed by atoms with Crippen LogP contribution in [0.25, 0.3) is 0 Å². The average Bonchev–Trinajstić information content (AvgIpc) is 2.29. The van der Waals surface area contributed by atoms with Gasteiger partial charge in [0.05, 0.1) is 11.6 Å². The van der Waals surface area contributed by atoms with Gasteiger partial charge in [0, 0.05) is 17.8 Å². The highest BCUT2D eigenvalue weighted by Crippen LogP contribution is 2.25. The molecular weight excluding hydrogens is 298 g/mol. The molecule has 0 atom stereocenters. The van der Waals surface area contributed by atoms with E-state index in [-0.39, 0.29) is 4.75 Å². The second-order valence-electron chi connectivity index (χ2n) is 4.54. The van der Waals surface area contributed by atoms with Crippen LogP contribution in [0.1, 0.15) is 19.4 Å². The van der Waals surface area contributed by atoms with Crippen molar-refractivity contribution in [1.29, 1.82) is 0 Å². The van der Waals surface area contributed by atoms with Crippen LogP contribution in [0.15, 0.2) is 22.7 Å². The molecule has 4 heteroatoms. The van der Waals surface area contributed by atoms with Gasteiger partial charge in [-0.2, -0.15) is 11.8 Å². The van der Waals surface area contributed by atoms with Gasteiger partial charge in [0.25, 0.3) is 0 Å². The first-order valence-electron chi connectivity index (χ1n) is 5.57. The molecule has 0 saturated carbocycles. The van der Waals surface area contributed by atoms with E-state index >= 15 is 0 Å². The minimum atomic E-state index is 0.281. The molecular formula is C13H20BrNOS. The number of rotatable bonds is 6. The number of methoxy groups -OCH3 is 1. The predicted octanol–water partition coefficient (Wildman–Crippen LogP) is 3.69. The minimum Gasteiger partial charge on any atom is -0.496 e. The standard InChI is InChI=1S/C13H20BrNOS/c1-13(2,17-4)9-15-8-10-5-6-12(16-3)11(14)7-10/h5-7,15H,8-9H2,1-4H3. The van der Waals surface area contributed by atoms with E-state index in [1.807, 2.05) is 17.8 Å². The second-order valence-corrected chi connectivity index (χ2v) is 6.90. The molecule has 0 amide bonds. The number of hydrogen-bond acceptors (Lipinski definition) is 3. The molecule has 0 aliphatic carbocycles. The summed E-state index contributed by atoms with van der Waals surface area (Å²) in [6.45, 7) is 6.37. The molecule has 0 unspecified atom stereocenters. The highest BCUT2D eigenvalue weighted by atomic mass is 79.9. The number of thioether (sulfide) groups is 1. The molecule has 1 aromatic rings. The summed E-state index contributed by atoms with van der Waals surface area (Å²) in [4.78, 5) is 0. The summed E-state index contributed by atoms with van der Waals surface area (Å²) >= 11 is 5.38. The van der Waals surface area contributed by atoms with Crippen molar-refractivity contribution in [2.24, 2.45) is 0 Å². The Bertz CT molecular complexity index is 368. The first-order chi connectivity index (χ1) is 7.98. The first kappa shape index (κ1) is 14.9. The summed E-state index contributed by atoms with van der Waals surface area (Å²) in [6.07, 6.45) is 2.14. The largest absolute Gasteiger partial charge is 0.496 e. The summed E-state index contributed by atoms with van der Waals surface area (Å²) < 4.78 is 6.49. The predicted molar refractivity (Wildman–Crippen MR) is 80.0 cm³/mol. The van der Waals surface area contributed by atoms with Crippen LogP contribution in [0.3, 0.4) is 0 Å². The maximum absolute atomic E-state index is 5.21. The van der Waals surface area contributed by atoms with Crippen molar-refractivity contribution >= 4 is 27.7 Å². The Kier molecular flexibility index (Phi) is 5.83. The van der Waals surface area contributed by atoms with Crippen LogP contribution < -0.4 is 10.1 Å². The molecule has 2 nitrogen and oxygen atoms in total. The third-order valence-electron chi connectivity index (χ3n) is 2.65. The van der Waals surface area contributed by atoms with Gasteiger partial charge in [-0.3, -0.25) is 0 Å². The average molecular weight is 318 g/mol. The normalized spacial score (nSPS) is 11.6. The highest BCUT2D eigenvalue weighted by Gasteiger charge is 2.14. The minimum absolute atomic E-state index is 0.281. The molecule has 0 aliphatic heterocycles. The zero-order valence-corrected chi connectivity index (χ0v) is 13.2. The molecule has 0 bridgehead atoms. The van der Waals surface area contributed by atoms with E-state index in [0.29, 0.717) is 0 Å². The van der Waals surface area contributed by atoms with Gasteiger partial charge in [-0.05, 0) is 53.7 Å². The lowest BCUT2D eigenvalue weighted by Gasteiger charge is -2.22. The molecule has 0 radical (unpaired) electrons. The van der Waals surface area contributed by atoms with Crippen molar-refractivity contribution in [3.63, 3.8) is 0 Å². The SMILES string of the molecule is COc1ccc(CNCC(C)(C)SC)cc1Br. The molecule has 0 saturated heterocycles. The fraction of sp³-hybridized carbons (Fsp3) is 0.538. The third-order valence-corrected chi connectivity index (χ3v) is 4.52. The van der Waals surface area contributed by atoms with Gasteiger partial charge >= 0.3 is 0 Å². The van der Waals surface area contributed by atoms with Crippen LogP contribution in [-0.2, 0) is 6.54 Å². The zero-order valence-electron chi connectivity index (χ0n) is 10.8. The Morgan fingerprint density at radius 3 is 2.65 bits per heavy atom. The van der Waals surface area contributed by atoms with Crippen molar-refractivity contribution in [2.75, 3.05) is 19.9 Å². The molecule has 0 heterocycles. The lowest BCUT2D eigenvalue weighted by molar-refractivity contribution is 0.412. The number of hydrogen-bond donors (Lipinski definition) is 1. The second kappa shape index (κ2) is 6.66. The summed E-state index contributed by atoms with van der Waals surface area (Å²) in [6, 6.07) is 6.17. The van der Waals surface area contributed by atoms with Crippen LogP contribution in [0.5, 0.6) is 5.75 Å². The number of benzene rings is 1. The summed E-state index contributed by atoms with van der Waals surface area (Å²) in [5.74, 6) is 0.873. The van der Waals surface area contributed by atoms with Crippen molar-refractivity contribution in [1.82, 2.24) is 5.32 Å². The number of halogens is 1. The highest BCUT2D eigenvalue weighted by molar-refractivity contribution is 9.10. The Morgan fingerprint density at radius 2 is 2.12 bits per heavy atom. The molecule has 0 fully saturated rings. The fourth-order valence-electron chi connectivity index (χ4n) is 1.40. The van der Waals surface area contributed by atoms with E-state index in [9.17, 15) is 0 Å². The molecule has 1 aromatic carbocycles. The summed E-state index contributed by atoms with van der Waals surface area (Å²) in [5.41, 5.74) is 1.26. The van der Waals surface area contributed by atoms with Crippen LogP contribution >= 0.6 is 27.7 Å². The van der Waals surface area contributed by atoms with E-state index in [4.69, 9.17) is 4.74 Å². The quantitative estimate of drug-likeness (QED) is 0.864. The number of nitrogens with one attached hydrogen (secondary N) is 1. The van der Waals surface area contributed by atoms with Crippen molar-refractivity contribution in [3.8, 4) is 5.75 Å². The first-order valence-corrected chi connectivity index (χ1v) is 7.58. The molecule has 96 valence electrons.